The smallest absolute Gasteiger partial charge is 0.192 e. The minimum absolute atomic E-state index is 0.0532. The zero-order valence-electron chi connectivity index (χ0n) is 20.0. The van der Waals surface area contributed by atoms with Gasteiger partial charge in [0.05, 0.1) is 6.10 Å². The molecule has 0 amide bonds. The summed E-state index contributed by atoms with van der Waals surface area (Å²) in [6, 6.07) is 19.3. The van der Waals surface area contributed by atoms with Gasteiger partial charge in [-0.2, -0.15) is 0 Å². The molecule has 0 aliphatic heterocycles. The summed E-state index contributed by atoms with van der Waals surface area (Å²) >= 11 is 0. The molecule has 2 nitrogen and oxygen atoms in total. The van der Waals surface area contributed by atoms with E-state index in [2.05, 4.69) is 40.4 Å². The van der Waals surface area contributed by atoms with Crippen molar-refractivity contribution in [3.63, 3.8) is 0 Å². The topological polar surface area (TPSA) is 26.3 Å². The molecule has 1 aliphatic carbocycles. The molecule has 32 heavy (non-hydrogen) atoms. The molecule has 0 N–H and O–H groups in total. The highest BCUT2D eigenvalue weighted by Gasteiger charge is 2.40. The van der Waals surface area contributed by atoms with Crippen molar-refractivity contribution in [3.8, 4) is 0 Å². The Bertz CT molecular complexity index is 965. The largest absolute Gasteiger partial charge is 0.410 e. The Morgan fingerprint density at radius 1 is 1.03 bits per heavy atom. The molecule has 0 radical (unpaired) electrons. The van der Waals surface area contributed by atoms with Crippen LogP contribution in [0.25, 0.3) is 0 Å². The van der Waals surface area contributed by atoms with E-state index < -0.39 is 21.6 Å². The first-order valence-corrected chi connectivity index (χ1v) is 16.2. The Kier molecular flexibility index (Phi) is 7.49. The second-order valence-electron chi connectivity index (χ2n) is 10.2. The second kappa shape index (κ2) is 9.63. The van der Waals surface area contributed by atoms with Gasteiger partial charge in [0, 0.05) is 23.2 Å². The van der Waals surface area contributed by atoms with Crippen molar-refractivity contribution in [2.24, 2.45) is 0 Å². The van der Waals surface area contributed by atoms with Gasteiger partial charge >= 0.3 is 0 Å². The lowest BCUT2D eigenvalue weighted by Crippen LogP contribution is -2.44. The molecule has 3 rings (SSSR count). The van der Waals surface area contributed by atoms with Crippen LogP contribution < -0.4 is 10.6 Å². The maximum atomic E-state index is 14.9. The summed E-state index contributed by atoms with van der Waals surface area (Å²) in [5, 5.41) is 1.72. The molecular weight excluding hydrogens is 434 g/mol. The van der Waals surface area contributed by atoms with Crippen LogP contribution in [-0.4, -0.2) is 26.8 Å². The number of allylic oxidation sites excluding steroid dienone is 2. The highest BCUT2D eigenvalue weighted by Crippen LogP contribution is 2.46. The normalized spacial score (nSPS) is 20.2. The van der Waals surface area contributed by atoms with Gasteiger partial charge in [0.25, 0.3) is 0 Å². The summed E-state index contributed by atoms with van der Waals surface area (Å²) in [5.41, 5.74) is 1.35. The van der Waals surface area contributed by atoms with E-state index in [1.165, 1.54) is 0 Å². The molecule has 0 saturated heterocycles. The molecule has 0 bridgehead atoms. The van der Waals surface area contributed by atoms with Crippen molar-refractivity contribution < 1.29 is 13.4 Å². The first-order chi connectivity index (χ1) is 14.9. The summed E-state index contributed by atoms with van der Waals surface area (Å²) in [5.74, 6) is 0. The average molecular weight is 471 g/mol. The molecule has 1 unspecified atom stereocenters. The van der Waals surface area contributed by atoms with Crippen LogP contribution in [0.5, 0.6) is 0 Å². The van der Waals surface area contributed by atoms with E-state index in [1.807, 2.05) is 66.7 Å². The van der Waals surface area contributed by atoms with Crippen LogP contribution in [-0.2, 0) is 8.99 Å². The van der Waals surface area contributed by atoms with E-state index in [1.54, 1.807) is 0 Å². The Morgan fingerprint density at radius 2 is 1.53 bits per heavy atom. The van der Waals surface area contributed by atoms with Crippen molar-refractivity contribution >= 4 is 26.1 Å². The molecule has 0 heterocycles. The Morgan fingerprint density at radius 3 is 2.00 bits per heavy atom. The Labute approximate surface area is 194 Å². The molecule has 2 aromatic carbocycles. The standard InChI is InChI=1S/C27H36FO2PSi/c1-21-22(19-23(20-26(21)28)30-32(5,6)27(2,3)4)17-18-31(29,24-13-9-7-10-14-24)25-15-11-8-12-16-25/h7-16,19,23,26H,1,17-18,20H2,2-6H3/t23?,26-/m0/s1. The highest BCUT2D eigenvalue weighted by molar-refractivity contribution is 7.78. The Hall–Kier alpha value is -1.74. The number of benzene rings is 2. The number of hydrogen-bond acceptors (Lipinski definition) is 2. The third-order valence-electron chi connectivity index (χ3n) is 6.91. The van der Waals surface area contributed by atoms with Gasteiger partial charge < -0.3 is 8.99 Å². The first-order valence-electron chi connectivity index (χ1n) is 11.4. The number of hydrogen-bond donors (Lipinski definition) is 0. The van der Waals surface area contributed by atoms with Crippen LogP contribution in [0.4, 0.5) is 4.39 Å². The molecule has 172 valence electrons. The minimum Gasteiger partial charge on any atom is -0.410 e. The molecule has 2 aromatic rings. The van der Waals surface area contributed by atoms with E-state index in [0.717, 1.165) is 16.2 Å². The maximum absolute atomic E-state index is 14.9. The van der Waals surface area contributed by atoms with Crippen LogP contribution in [0.3, 0.4) is 0 Å². The van der Waals surface area contributed by atoms with Gasteiger partial charge in [0.2, 0.25) is 0 Å². The maximum Gasteiger partial charge on any atom is 0.192 e. The summed E-state index contributed by atoms with van der Waals surface area (Å²) in [4.78, 5) is 0. The van der Waals surface area contributed by atoms with E-state index in [9.17, 15) is 8.96 Å². The van der Waals surface area contributed by atoms with Crippen LogP contribution in [0, 0.1) is 0 Å². The zero-order valence-corrected chi connectivity index (χ0v) is 21.9. The molecule has 2 atom stereocenters. The van der Waals surface area contributed by atoms with E-state index >= 15 is 0 Å². The fourth-order valence-electron chi connectivity index (χ4n) is 3.85. The Balaban J connectivity index is 1.88. The average Bonchev–Trinajstić information content (AvgIpc) is 2.75. The lowest BCUT2D eigenvalue weighted by molar-refractivity contribution is 0.174. The van der Waals surface area contributed by atoms with Crippen molar-refractivity contribution in [1.29, 1.82) is 0 Å². The fourth-order valence-corrected chi connectivity index (χ4v) is 7.80. The number of halogens is 1. The quantitative estimate of drug-likeness (QED) is 0.321. The third kappa shape index (κ3) is 5.42. The van der Waals surface area contributed by atoms with E-state index in [0.29, 0.717) is 24.6 Å². The second-order valence-corrected chi connectivity index (χ2v) is 17.9. The predicted molar refractivity (Wildman–Crippen MR) is 138 cm³/mol. The van der Waals surface area contributed by atoms with E-state index in [-0.39, 0.29) is 11.1 Å². The minimum atomic E-state index is -2.86. The first kappa shape index (κ1) is 24.9. The lowest BCUT2D eigenvalue weighted by Gasteiger charge is -2.40. The van der Waals surface area contributed by atoms with Crippen molar-refractivity contribution in [3.05, 3.63) is 84.5 Å². The SMILES string of the molecule is C=C1C(CCP(=O)(c2ccccc2)c2ccccc2)=CC(O[Si](C)(C)C(C)(C)C)C[C@@H]1F. The van der Waals surface area contributed by atoms with Crippen LogP contribution in [0.1, 0.15) is 33.6 Å². The van der Waals surface area contributed by atoms with Crippen molar-refractivity contribution in [1.82, 2.24) is 0 Å². The highest BCUT2D eigenvalue weighted by atomic mass is 31.2. The monoisotopic (exact) mass is 470 g/mol. The third-order valence-corrected chi connectivity index (χ3v) is 14.5. The van der Waals surface area contributed by atoms with Gasteiger partial charge in [-0.15, -0.1) is 0 Å². The van der Waals surface area contributed by atoms with Gasteiger partial charge in [-0.25, -0.2) is 4.39 Å². The summed E-state index contributed by atoms with van der Waals surface area (Å²) < 4.78 is 35.8. The van der Waals surface area contributed by atoms with Crippen molar-refractivity contribution in [2.45, 2.75) is 64.0 Å². The lowest BCUT2D eigenvalue weighted by atomic mass is 9.90. The molecule has 1 aliphatic rings. The van der Waals surface area contributed by atoms with Crippen LogP contribution in [0.15, 0.2) is 84.5 Å². The fraction of sp³-hybridized carbons (Fsp3) is 0.407. The molecule has 0 spiro atoms. The molecule has 5 heteroatoms. The molecule has 0 fully saturated rings. The number of rotatable bonds is 7. The van der Waals surface area contributed by atoms with Gasteiger partial charge in [-0.3, -0.25) is 0 Å². The summed E-state index contributed by atoms with van der Waals surface area (Å²) in [6.07, 6.45) is 1.91. The zero-order chi connectivity index (χ0) is 23.6. The van der Waals surface area contributed by atoms with Crippen molar-refractivity contribution in [2.75, 3.05) is 6.16 Å². The van der Waals surface area contributed by atoms with Crippen LogP contribution in [0.2, 0.25) is 18.1 Å². The van der Waals surface area contributed by atoms with Gasteiger partial charge in [0.15, 0.2) is 8.32 Å². The van der Waals surface area contributed by atoms with Crippen LogP contribution >= 0.6 is 7.14 Å². The summed E-state index contributed by atoms with van der Waals surface area (Å²) in [6.45, 7) is 15.0. The predicted octanol–water partition coefficient (Wildman–Crippen LogP) is 7.01. The molecule has 0 aromatic heterocycles. The summed E-state index contributed by atoms with van der Waals surface area (Å²) in [7, 11) is -4.89. The van der Waals surface area contributed by atoms with Gasteiger partial charge in [-0.05, 0) is 35.7 Å². The van der Waals surface area contributed by atoms with E-state index in [4.69, 9.17) is 4.43 Å². The number of alkyl halides is 1. The molecule has 0 saturated carbocycles. The molecular formula is C27H36FO2PSi. The van der Waals surface area contributed by atoms with Gasteiger partial charge in [-0.1, -0.05) is 94.1 Å². The van der Waals surface area contributed by atoms with Gasteiger partial charge in [0.1, 0.15) is 13.3 Å².